The topological polar surface area (TPSA) is 62.4 Å². The molecule has 0 saturated heterocycles. The Morgan fingerprint density at radius 3 is 2.61 bits per heavy atom. The zero-order valence-electron chi connectivity index (χ0n) is 11.3. The summed E-state index contributed by atoms with van der Waals surface area (Å²) in [5, 5.41) is 6.46. The SMILES string of the molecule is CC(C)CN=C(N)NCCCNc1ccccc1. The van der Waals surface area contributed by atoms with E-state index < -0.39 is 0 Å². The lowest BCUT2D eigenvalue weighted by Gasteiger charge is -2.08. The second kappa shape index (κ2) is 8.39. The van der Waals surface area contributed by atoms with Crippen LogP contribution in [0.2, 0.25) is 0 Å². The average Bonchev–Trinajstić information content (AvgIpc) is 2.37. The Morgan fingerprint density at radius 1 is 1.22 bits per heavy atom. The van der Waals surface area contributed by atoms with Gasteiger partial charge in [0.05, 0.1) is 0 Å². The Kier molecular flexibility index (Phi) is 6.69. The first-order valence-electron chi connectivity index (χ1n) is 6.51. The van der Waals surface area contributed by atoms with Crippen molar-refractivity contribution in [2.24, 2.45) is 16.6 Å². The zero-order chi connectivity index (χ0) is 13.2. The van der Waals surface area contributed by atoms with Gasteiger partial charge in [-0.1, -0.05) is 32.0 Å². The van der Waals surface area contributed by atoms with Crippen molar-refractivity contribution in [2.75, 3.05) is 25.0 Å². The maximum absolute atomic E-state index is 5.73. The number of hydrogen-bond donors (Lipinski definition) is 3. The number of hydrogen-bond acceptors (Lipinski definition) is 2. The van der Waals surface area contributed by atoms with Crippen LogP contribution in [0.25, 0.3) is 0 Å². The molecule has 4 nitrogen and oxygen atoms in total. The highest BCUT2D eigenvalue weighted by Gasteiger charge is 1.94. The minimum atomic E-state index is 0.545. The van der Waals surface area contributed by atoms with Crippen LogP contribution in [0.4, 0.5) is 5.69 Å². The van der Waals surface area contributed by atoms with Crippen LogP contribution in [0.3, 0.4) is 0 Å². The molecule has 0 aromatic heterocycles. The van der Waals surface area contributed by atoms with E-state index in [4.69, 9.17) is 5.73 Å². The van der Waals surface area contributed by atoms with Crippen LogP contribution in [0.5, 0.6) is 0 Å². The Balaban J connectivity index is 2.07. The number of para-hydroxylation sites is 1. The van der Waals surface area contributed by atoms with E-state index in [9.17, 15) is 0 Å². The number of nitrogens with one attached hydrogen (secondary N) is 2. The van der Waals surface area contributed by atoms with Crippen LogP contribution in [-0.2, 0) is 0 Å². The number of anilines is 1. The molecule has 0 bridgehead atoms. The van der Waals surface area contributed by atoms with Gasteiger partial charge in [0.15, 0.2) is 5.96 Å². The quantitative estimate of drug-likeness (QED) is 0.393. The summed E-state index contributed by atoms with van der Waals surface area (Å²) in [5.41, 5.74) is 6.89. The monoisotopic (exact) mass is 248 g/mol. The van der Waals surface area contributed by atoms with Gasteiger partial charge in [-0.15, -0.1) is 0 Å². The lowest BCUT2D eigenvalue weighted by Crippen LogP contribution is -2.33. The van der Waals surface area contributed by atoms with Crippen LogP contribution in [0.1, 0.15) is 20.3 Å². The van der Waals surface area contributed by atoms with Gasteiger partial charge in [-0.25, -0.2) is 0 Å². The molecule has 4 heteroatoms. The smallest absolute Gasteiger partial charge is 0.188 e. The number of nitrogens with zero attached hydrogens (tertiary/aromatic N) is 1. The molecule has 100 valence electrons. The van der Waals surface area contributed by atoms with Gasteiger partial charge in [0, 0.05) is 25.3 Å². The van der Waals surface area contributed by atoms with Gasteiger partial charge in [0.1, 0.15) is 0 Å². The Labute approximate surface area is 110 Å². The molecule has 0 aliphatic heterocycles. The van der Waals surface area contributed by atoms with Crippen molar-refractivity contribution >= 4 is 11.6 Å². The first-order valence-corrected chi connectivity index (χ1v) is 6.51. The van der Waals surface area contributed by atoms with E-state index in [0.717, 1.165) is 31.7 Å². The van der Waals surface area contributed by atoms with Crippen LogP contribution >= 0.6 is 0 Å². The number of guanidine groups is 1. The van der Waals surface area contributed by atoms with Crippen molar-refractivity contribution in [3.8, 4) is 0 Å². The lowest BCUT2D eigenvalue weighted by molar-refractivity contribution is 0.660. The molecule has 4 N–H and O–H groups in total. The van der Waals surface area contributed by atoms with Gasteiger partial charge in [-0.3, -0.25) is 4.99 Å². The molecule has 0 heterocycles. The van der Waals surface area contributed by atoms with Crippen molar-refractivity contribution in [2.45, 2.75) is 20.3 Å². The van der Waals surface area contributed by atoms with E-state index in [1.807, 2.05) is 18.2 Å². The Hall–Kier alpha value is -1.71. The van der Waals surface area contributed by atoms with E-state index in [-0.39, 0.29) is 0 Å². The summed E-state index contributed by atoms with van der Waals surface area (Å²) in [6.07, 6.45) is 1.01. The molecule has 0 radical (unpaired) electrons. The van der Waals surface area contributed by atoms with E-state index in [2.05, 4.69) is 41.6 Å². The fourth-order valence-electron chi connectivity index (χ4n) is 1.43. The second-order valence-electron chi connectivity index (χ2n) is 4.69. The fourth-order valence-corrected chi connectivity index (χ4v) is 1.43. The molecule has 0 unspecified atom stereocenters. The summed E-state index contributed by atoms with van der Waals surface area (Å²) >= 11 is 0. The van der Waals surface area contributed by atoms with Gasteiger partial charge in [-0.05, 0) is 24.5 Å². The number of nitrogens with two attached hydrogens (primary N) is 1. The summed E-state index contributed by atoms with van der Waals surface area (Å²) in [7, 11) is 0. The van der Waals surface area contributed by atoms with Gasteiger partial charge in [0.25, 0.3) is 0 Å². The average molecular weight is 248 g/mol. The summed E-state index contributed by atoms with van der Waals surface area (Å²) < 4.78 is 0. The first-order chi connectivity index (χ1) is 8.68. The van der Waals surface area contributed by atoms with Crippen molar-refractivity contribution < 1.29 is 0 Å². The summed E-state index contributed by atoms with van der Waals surface area (Å²) in [5.74, 6) is 1.09. The highest BCUT2D eigenvalue weighted by Crippen LogP contribution is 2.03. The molecule has 0 aliphatic rings. The molecular formula is C14H24N4. The van der Waals surface area contributed by atoms with Gasteiger partial charge < -0.3 is 16.4 Å². The number of benzene rings is 1. The molecule has 18 heavy (non-hydrogen) atoms. The predicted octanol–water partition coefficient (Wildman–Crippen LogP) is 2.05. The minimum absolute atomic E-state index is 0.545. The van der Waals surface area contributed by atoms with Crippen molar-refractivity contribution in [1.82, 2.24) is 5.32 Å². The third-order valence-electron chi connectivity index (χ3n) is 2.39. The zero-order valence-corrected chi connectivity index (χ0v) is 11.3. The van der Waals surface area contributed by atoms with Crippen LogP contribution in [0, 0.1) is 5.92 Å². The summed E-state index contributed by atoms with van der Waals surface area (Å²) in [4.78, 5) is 4.24. The standard InChI is InChI=1S/C14H24N4/c1-12(2)11-18-14(15)17-10-6-9-16-13-7-4-3-5-8-13/h3-5,7-8,12,16H,6,9-11H2,1-2H3,(H3,15,17,18). The van der Waals surface area contributed by atoms with Crippen molar-refractivity contribution in [1.29, 1.82) is 0 Å². The van der Waals surface area contributed by atoms with E-state index in [1.54, 1.807) is 0 Å². The van der Waals surface area contributed by atoms with Crippen LogP contribution < -0.4 is 16.4 Å². The van der Waals surface area contributed by atoms with E-state index in [1.165, 1.54) is 0 Å². The van der Waals surface area contributed by atoms with Crippen LogP contribution in [-0.4, -0.2) is 25.6 Å². The third kappa shape index (κ3) is 6.78. The number of rotatable bonds is 7. The largest absolute Gasteiger partial charge is 0.385 e. The lowest BCUT2D eigenvalue weighted by atomic mass is 10.2. The molecule has 0 amide bonds. The van der Waals surface area contributed by atoms with E-state index >= 15 is 0 Å². The molecular weight excluding hydrogens is 224 g/mol. The maximum atomic E-state index is 5.73. The predicted molar refractivity (Wildman–Crippen MR) is 78.9 cm³/mol. The van der Waals surface area contributed by atoms with Crippen molar-refractivity contribution in [3.63, 3.8) is 0 Å². The molecule has 1 aromatic rings. The molecule has 1 rings (SSSR count). The Bertz CT molecular complexity index is 346. The molecule has 0 atom stereocenters. The maximum Gasteiger partial charge on any atom is 0.188 e. The molecule has 0 saturated carbocycles. The minimum Gasteiger partial charge on any atom is -0.385 e. The van der Waals surface area contributed by atoms with Crippen molar-refractivity contribution in [3.05, 3.63) is 30.3 Å². The molecule has 1 aromatic carbocycles. The highest BCUT2D eigenvalue weighted by atomic mass is 15.1. The Morgan fingerprint density at radius 2 is 1.94 bits per heavy atom. The first kappa shape index (κ1) is 14.4. The van der Waals surface area contributed by atoms with Gasteiger partial charge >= 0.3 is 0 Å². The summed E-state index contributed by atoms with van der Waals surface area (Å²) in [6.45, 7) is 6.80. The molecule has 0 aliphatic carbocycles. The fraction of sp³-hybridized carbons (Fsp3) is 0.500. The second-order valence-corrected chi connectivity index (χ2v) is 4.69. The normalized spacial score (nSPS) is 11.6. The van der Waals surface area contributed by atoms with Gasteiger partial charge in [-0.2, -0.15) is 0 Å². The van der Waals surface area contributed by atoms with Gasteiger partial charge in [0.2, 0.25) is 0 Å². The highest BCUT2D eigenvalue weighted by molar-refractivity contribution is 5.77. The van der Waals surface area contributed by atoms with E-state index in [0.29, 0.717) is 11.9 Å². The summed E-state index contributed by atoms with van der Waals surface area (Å²) in [6, 6.07) is 10.2. The third-order valence-corrected chi connectivity index (χ3v) is 2.39. The molecule has 0 spiro atoms. The number of aliphatic imine (C=N–C) groups is 1. The van der Waals surface area contributed by atoms with Crippen LogP contribution in [0.15, 0.2) is 35.3 Å². The molecule has 0 fully saturated rings.